The molecule has 96 valence electrons. The number of hydrogen-bond donors (Lipinski definition) is 2. The number of nitrogen functional groups attached to an aromatic ring is 1. The van der Waals surface area contributed by atoms with Gasteiger partial charge in [0.15, 0.2) is 0 Å². The van der Waals surface area contributed by atoms with E-state index in [0.29, 0.717) is 30.2 Å². The summed E-state index contributed by atoms with van der Waals surface area (Å²) in [6.07, 6.45) is 1.48. The van der Waals surface area contributed by atoms with Crippen LogP contribution in [0.1, 0.15) is 5.56 Å². The van der Waals surface area contributed by atoms with Crippen LogP contribution in [0.5, 0.6) is 5.75 Å². The minimum atomic E-state index is 0.448. The Kier molecular flexibility index (Phi) is 4.19. The van der Waals surface area contributed by atoms with Crippen LogP contribution in [0.2, 0.25) is 0 Å². The van der Waals surface area contributed by atoms with Crippen LogP contribution in [0.25, 0.3) is 0 Å². The molecule has 0 atom stereocenters. The molecular weight excluding hydrogens is 240 g/mol. The third-order valence-electron chi connectivity index (χ3n) is 2.45. The molecule has 5 nitrogen and oxygen atoms in total. The van der Waals surface area contributed by atoms with Gasteiger partial charge in [0.05, 0.1) is 17.8 Å². The van der Waals surface area contributed by atoms with Crippen molar-refractivity contribution in [2.24, 2.45) is 0 Å². The molecule has 0 aliphatic heterocycles. The van der Waals surface area contributed by atoms with Crippen molar-refractivity contribution < 1.29 is 4.74 Å². The van der Waals surface area contributed by atoms with Gasteiger partial charge in [-0.2, -0.15) is 5.26 Å². The number of anilines is 2. The first-order valence-electron chi connectivity index (χ1n) is 5.87. The average Bonchev–Trinajstić information content (AvgIpc) is 2.46. The third-order valence-corrected chi connectivity index (χ3v) is 2.45. The van der Waals surface area contributed by atoms with E-state index >= 15 is 0 Å². The predicted molar refractivity (Wildman–Crippen MR) is 73.8 cm³/mol. The van der Waals surface area contributed by atoms with Crippen LogP contribution in [0, 0.1) is 11.3 Å². The number of hydrogen-bond acceptors (Lipinski definition) is 5. The van der Waals surface area contributed by atoms with E-state index in [9.17, 15) is 0 Å². The van der Waals surface area contributed by atoms with Crippen LogP contribution in [-0.2, 0) is 0 Å². The second-order valence-corrected chi connectivity index (χ2v) is 3.86. The van der Waals surface area contributed by atoms with Gasteiger partial charge in [0.1, 0.15) is 24.2 Å². The summed E-state index contributed by atoms with van der Waals surface area (Å²) in [5.41, 5.74) is 6.68. The lowest BCUT2D eigenvalue weighted by Crippen LogP contribution is -2.13. The Labute approximate surface area is 111 Å². The first kappa shape index (κ1) is 12.7. The Morgan fingerprint density at radius 3 is 2.79 bits per heavy atom. The molecule has 2 rings (SSSR count). The van der Waals surface area contributed by atoms with E-state index in [0.717, 1.165) is 5.75 Å². The number of nitriles is 1. The minimum Gasteiger partial charge on any atom is -0.492 e. The number of para-hydroxylation sites is 1. The van der Waals surface area contributed by atoms with Gasteiger partial charge in [0, 0.05) is 6.20 Å². The van der Waals surface area contributed by atoms with E-state index in [1.807, 2.05) is 36.4 Å². The zero-order chi connectivity index (χ0) is 13.5. The highest BCUT2D eigenvalue weighted by Crippen LogP contribution is 2.15. The molecule has 0 fully saturated rings. The first-order valence-corrected chi connectivity index (χ1v) is 5.87. The maximum Gasteiger partial charge on any atom is 0.149 e. The topological polar surface area (TPSA) is 84.0 Å². The van der Waals surface area contributed by atoms with Gasteiger partial charge in [-0.15, -0.1) is 0 Å². The number of aromatic nitrogens is 1. The van der Waals surface area contributed by atoms with Gasteiger partial charge < -0.3 is 15.8 Å². The smallest absolute Gasteiger partial charge is 0.149 e. The maximum atomic E-state index is 8.71. The highest BCUT2D eigenvalue weighted by atomic mass is 16.5. The summed E-state index contributed by atoms with van der Waals surface area (Å²) in [6, 6.07) is 13.1. The number of rotatable bonds is 5. The lowest BCUT2D eigenvalue weighted by Gasteiger charge is -2.09. The fraction of sp³-hybridized carbons (Fsp3) is 0.143. The zero-order valence-corrected chi connectivity index (χ0v) is 10.3. The van der Waals surface area contributed by atoms with Crippen LogP contribution in [-0.4, -0.2) is 18.1 Å². The standard InChI is InChI=1S/C14H14N4O/c15-9-11-8-13(16)14(18-10-11)17-6-7-19-12-4-2-1-3-5-12/h1-5,8,10H,6-7,16H2,(H,17,18). The fourth-order valence-electron chi connectivity index (χ4n) is 1.55. The van der Waals surface area contributed by atoms with Gasteiger partial charge in [-0.05, 0) is 18.2 Å². The number of nitrogens with one attached hydrogen (secondary N) is 1. The van der Waals surface area contributed by atoms with Crippen LogP contribution < -0.4 is 15.8 Å². The van der Waals surface area contributed by atoms with Crippen molar-refractivity contribution in [1.29, 1.82) is 5.26 Å². The van der Waals surface area contributed by atoms with E-state index in [-0.39, 0.29) is 0 Å². The molecule has 2 aromatic rings. The molecule has 0 aliphatic rings. The summed E-state index contributed by atoms with van der Waals surface area (Å²) >= 11 is 0. The minimum absolute atomic E-state index is 0.448. The normalized spacial score (nSPS) is 9.63. The molecule has 0 radical (unpaired) electrons. The first-order chi connectivity index (χ1) is 9.29. The fourth-order valence-corrected chi connectivity index (χ4v) is 1.55. The van der Waals surface area contributed by atoms with Crippen LogP contribution in [0.4, 0.5) is 11.5 Å². The molecular formula is C14H14N4O. The SMILES string of the molecule is N#Cc1cnc(NCCOc2ccccc2)c(N)c1. The highest BCUT2D eigenvalue weighted by Gasteiger charge is 2.01. The monoisotopic (exact) mass is 254 g/mol. The Bertz CT molecular complexity index is 578. The lowest BCUT2D eigenvalue weighted by molar-refractivity contribution is 0.333. The zero-order valence-electron chi connectivity index (χ0n) is 10.3. The van der Waals surface area contributed by atoms with Gasteiger partial charge in [-0.25, -0.2) is 4.98 Å². The number of nitrogens with two attached hydrogens (primary N) is 1. The van der Waals surface area contributed by atoms with Crippen molar-refractivity contribution in [2.75, 3.05) is 24.2 Å². The summed E-state index contributed by atoms with van der Waals surface area (Å²) in [5, 5.41) is 11.8. The lowest BCUT2D eigenvalue weighted by atomic mass is 10.3. The Hall–Kier alpha value is -2.74. The Balaban J connectivity index is 1.82. The summed E-state index contributed by atoms with van der Waals surface area (Å²) in [4.78, 5) is 4.08. The Morgan fingerprint density at radius 2 is 2.11 bits per heavy atom. The molecule has 3 N–H and O–H groups in total. The number of benzene rings is 1. The van der Waals surface area contributed by atoms with E-state index in [1.54, 1.807) is 6.07 Å². The summed E-state index contributed by atoms with van der Waals surface area (Å²) in [6.45, 7) is 1.09. The third kappa shape index (κ3) is 3.61. The predicted octanol–water partition coefficient (Wildman–Crippen LogP) is 2.03. The van der Waals surface area contributed by atoms with Gasteiger partial charge >= 0.3 is 0 Å². The molecule has 19 heavy (non-hydrogen) atoms. The van der Waals surface area contributed by atoms with Crippen molar-refractivity contribution in [2.45, 2.75) is 0 Å². The average molecular weight is 254 g/mol. The van der Waals surface area contributed by atoms with Crippen molar-refractivity contribution in [1.82, 2.24) is 4.98 Å². The van der Waals surface area contributed by atoms with Crippen molar-refractivity contribution in [3.8, 4) is 11.8 Å². The summed E-state index contributed by atoms with van der Waals surface area (Å²) < 4.78 is 5.53. The van der Waals surface area contributed by atoms with Crippen molar-refractivity contribution >= 4 is 11.5 Å². The molecule has 0 saturated heterocycles. The molecule has 0 saturated carbocycles. The maximum absolute atomic E-state index is 8.71. The summed E-state index contributed by atoms with van der Waals surface area (Å²) in [5.74, 6) is 1.39. The molecule has 1 aromatic carbocycles. The second kappa shape index (κ2) is 6.26. The largest absolute Gasteiger partial charge is 0.492 e. The van der Waals surface area contributed by atoms with Gasteiger partial charge in [-0.1, -0.05) is 18.2 Å². The molecule has 5 heteroatoms. The van der Waals surface area contributed by atoms with E-state index < -0.39 is 0 Å². The molecule has 1 aromatic heterocycles. The number of pyridine rings is 1. The van der Waals surface area contributed by atoms with Gasteiger partial charge in [0.2, 0.25) is 0 Å². The number of nitrogens with zero attached hydrogens (tertiary/aromatic N) is 2. The van der Waals surface area contributed by atoms with Crippen LogP contribution in [0.15, 0.2) is 42.6 Å². The molecule has 1 heterocycles. The van der Waals surface area contributed by atoms with E-state index in [4.69, 9.17) is 15.7 Å². The molecule has 0 aliphatic carbocycles. The quantitative estimate of drug-likeness (QED) is 0.797. The molecule has 0 amide bonds. The highest BCUT2D eigenvalue weighted by molar-refractivity contribution is 5.62. The van der Waals surface area contributed by atoms with Crippen molar-refractivity contribution in [3.05, 3.63) is 48.2 Å². The van der Waals surface area contributed by atoms with Crippen molar-refractivity contribution in [3.63, 3.8) is 0 Å². The van der Waals surface area contributed by atoms with E-state index in [2.05, 4.69) is 10.3 Å². The molecule has 0 unspecified atom stereocenters. The van der Waals surface area contributed by atoms with Crippen LogP contribution >= 0.6 is 0 Å². The molecule has 0 bridgehead atoms. The van der Waals surface area contributed by atoms with Crippen LogP contribution in [0.3, 0.4) is 0 Å². The summed E-state index contributed by atoms with van der Waals surface area (Å²) in [7, 11) is 0. The molecule has 0 spiro atoms. The second-order valence-electron chi connectivity index (χ2n) is 3.86. The van der Waals surface area contributed by atoms with E-state index in [1.165, 1.54) is 6.20 Å². The Morgan fingerprint density at radius 1 is 1.32 bits per heavy atom. The van der Waals surface area contributed by atoms with Gasteiger partial charge in [-0.3, -0.25) is 0 Å². The number of ether oxygens (including phenoxy) is 1. The van der Waals surface area contributed by atoms with Gasteiger partial charge in [0.25, 0.3) is 0 Å².